The number of nitrogens with zero attached hydrogens (tertiary/aromatic N) is 2. The van der Waals surface area contributed by atoms with E-state index >= 15 is 0 Å². The minimum atomic E-state index is -0.0440. The fraction of sp³-hybridized carbons (Fsp3) is 0.240. The fourth-order valence-corrected chi connectivity index (χ4v) is 3.92. The van der Waals surface area contributed by atoms with Crippen LogP contribution in [0.25, 0.3) is 0 Å². The minimum Gasteiger partial charge on any atom is -0.326 e. The third-order valence-corrected chi connectivity index (χ3v) is 5.50. The molecular weight excluding hydrogens is 374 g/mol. The summed E-state index contributed by atoms with van der Waals surface area (Å²) in [6.45, 7) is 2.74. The van der Waals surface area contributed by atoms with E-state index < -0.39 is 0 Å². The Morgan fingerprint density at radius 3 is 2.70 bits per heavy atom. The quantitative estimate of drug-likeness (QED) is 0.670. The summed E-state index contributed by atoms with van der Waals surface area (Å²) in [7, 11) is 0. The van der Waals surface area contributed by atoms with Crippen LogP contribution in [0.2, 0.25) is 0 Å². The van der Waals surface area contributed by atoms with E-state index in [9.17, 15) is 9.59 Å². The molecule has 0 bridgehead atoms. The highest BCUT2D eigenvalue weighted by Gasteiger charge is 2.24. The zero-order chi connectivity index (χ0) is 20.9. The van der Waals surface area contributed by atoms with Gasteiger partial charge in [0.1, 0.15) is 0 Å². The first kappa shape index (κ1) is 19.8. The molecular formula is C25H25N3O2. The number of carbonyl (C=O) groups excluding carboxylic acids is 2. The largest absolute Gasteiger partial charge is 0.326 e. The van der Waals surface area contributed by atoms with Gasteiger partial charge >= 0.3 is 0 Å². The van der Waals surface area contributed by atoms with Gasteiger partial charge in [-0.3, -0.25) is 14.6 Å². The van der Waals surface area contributed by atoms with Crippen LogP contribution in [0.5, 0.6) is 0 Å². The number of pyridine rings is 1. The number of benzene rings is 2. The molecule has 1 aromatic heterocycles. The number of hydrogen-bond donors (Lipinski definition) is 1. The smallest absolute Gasteiger partial charge is 0.259 e. The summed E-state index contributed by atoms with van der Waals surface area (Å²) >= 11 is 0. The minimum absolute atomic E-state index is 0.00888. The first-order valence-electron chi connectivity index (χ1n) is 10.3. The van der Waals surface area contributed by atoms with Crippen LogP contribution in [-0.2, 0) is 11.2 Å². The lowest BCUT2D eigenvalue weighted by molar-refractivity contribution is -0.116. The molecule has 0 saturated carbocycles. The highest BCUT2D eigenvalue weighted by atomic mass is 16.2. The third-order valence-electron chi connectivity index (χ3n) is 5.50. The number of aromatic nitrogens is 1. The van der Waals surface area contributed by atoms with Crippen molar-refractivity contribution >= 4 is 23.2 Å². The topological polar surface area (TPSA) is 62.3 Å². The molecule has 1 aliphatic rings. The van der Waals surface area contributed by atoms with E-state index in [4.69, 9.17) is 0 Å². The highest BCUT2D eigenvalue weighted by molar-refractivity contribution is 6.06. The van der Waals surface area contributed by atoms with Crippen LogP contribution >= 0.6 is 0 Å². The number of aryl methyl sites for hydroxylation is 1. The predicted octanol–water partition coefficient (Wildman–Crippen LogP) is 4.81. The summed E-state index contributed by atoms with van der Waals surface area (Å²) in [5.74, 6) is 0.0966. The lowest BCUT2D eigenvalue weighted by atomic mass is 9.97. The summed E-state index contributed by atoms with van der Waals surface area (Å²) in [5, 5.41) is 3.02. The van der Waals surface area contributed by atoms with Crippen molar-refractivity contribution in [2.75, 3.05) is 16.8 Å². The summed E-state index contributed by atoms with van der Waals surface area (Å²) in [6, 6.07) is 19.4. The van der Waals surface area contributed by atoms with Gasteiger partial charge in [-0.15, -0.1) is 0 Å². The number of anilines is 2. The van der Waals surface area contributed by atoms with Gasteiger partial charge in [-0.25, -0.2) is 0 Å². The number of carbonyl (C=O) groups is 2. The van der Waals surface area contributed by atoms with Gasteiger partial charge in [0, 0.05) is 36.7 Å². The molecule has 1 atom stereocenters. The maximum atomic E-state index is 12.9. The van der Waals surface area contributed by atoms with Gasteiger partial charge < -0.3 is 10.2 Å². The normalized spacial score (nSPS) is 14.0. The van der Waals surface area contributed by atoms with Gasteiger partial charge in [-0.2, -0.15) is 0 Å². The van der Waals surface area contributed by atoms with Gasteiger partial charge in [0.25, 0.3) is 5.91 Å². The molecule has 5 heteroatoms. The van der Waals surface area contributed by atoms with E-state index in [1.807, 2.05) is 48.5 Å². The molecule has 152 valence electrons. The zero-order valence-corrected chi connectivity index (χ0v) is 17.0. The molecule has 0 radical (unpaired) electrons. The lowest BCUT2D eigenvalue weighted by Gasteiger charge is -2.30. The summed E-state index contributed by atoms with van der Waals surface area (Å²) in [4.78, 5) is 31.3. The van der Waals surface area contributed by atoms with Crippen LogP contribution in [0.4, 0.5) is 11.4 Å². The SMILES string of the molecule is CC(CC(=O)Nc1ccc2c(c1)CCCN2C(=O)c1cccnc1)c1ccccc1. The van der Waals surface area contributed by atoms with E-state index in [0.717, 1.165) is 35.3 Å². The van der Waals surface area contributed by atoms with E-state index in [-0.39, 0.29) is 17.7 Å². The zero-order valence-electron chi connectivity index (χ0n) is 17.0. The Kier molecular flexibility index (Phi) is 5.89. The van der Waals surface area contributed by atoms with Crippen LogP contribution in [-0.4, -0.2) is 23.3 Å². The van der Waals surface area contributed by atoms with E-state index in [1.165, 1.54) is 0 Å². The predicted molar refractivity (Wildman–Crippen MR) is 119 cm³/mol. The van der Waals surface area contributed by atoms with Crippen molar-refractivity contribution in [3.05, 3.63) is 89.7 Å². The molecule has 2 amide bonds. The van der Waals surface area contributed by atoms with Crippen molar-refractivity contribution in [1.29, 1.82) is 0 Å². The van der Waals surface area contributed by atoms with Gasteiger partial charge in [0.15, 0.2) is 0 Å². The number of amides is 2. The molecule has 1 aliphatic heterocycles. The second-order valence-corrected chi connectivity index (χ2v) is 7.71. The first-order valence-corrected chi connectivity index (χ1v) is 10.3. The van der Waals surface area contributed by atoms with Crippen molar-refractivity contribution < 1.29 is 9.59 Å². The average molecular weight is 399 g/mol. The monoisotopic (exact) mass is 399 g/mol. The fourth-order valence-electron chi connectivity index (χ4n) is 3.92. The summed E-state index contributed by atoms with van der Waals surface area (Å²) in [6.07, 6.45) is 5.46. The molecule has 3 aromatic rings. The number of hydrogen-bond acceptors (Lipinski definition) is 3. The van der Waals surface area contributed by atoms with Gasteiger partial charge in [0.05, 0.1) is 5.56 Å². The van der Waals surface area contributed by atoms with E-state index in [1.54, 1.807) is 29.4 Å². The van der Waals surface area contributed by atoms with Gasteiger partial charge in [0.2, 0.25) is 5.91 Å². The highest BCUT2D eigenvalue weighted by Crippen LogP contribution is 2.31. The molecule has 0 spiro atoms. The molecule has 0 saturated heterocycles. The molecule has 2 heterocycles. The Bertz CT molecular complexity index is 1030. The molecule has 5 nitrogen and oxygen atoms in total. The van der Waals surface area contributed by atoms with Crippen molar-refractivity contribution in [3.8, 4) is 0 Å². The van der Waals surface area contributed by atoms with Crippen LogP contribution in [0, 0.1) is 0 Å². The van der Waals surface area contributed by atoms with Crippen LogP contribution in [0.3, 0.4) is 0 Å². The number of nitrogens with one attached hydrogen (secondary N) is 1. The Labute approximate surface area is 176 Å². The van der Waals surface area contributed by atoms with Gasteiger partial charge in [-0.1, -0.05) is 37.3 Å². The first-order chi connectivity index (χ1) is 14.6. The molecule has 0 aliphatic carbocycles. The van der Waals surface area contributed by atoms with E-state index in [0.29, 0.717) is 18.5 Å². The second kappa shape index (κ2) is 8.91. The average Bonchev–Trinajstić information content (AvgIpc) is 2.79. The molecule has 2 aromatic carbocycles. The Morgan fingerprint density at radius 1 is 1.10 bits per heavy atom. The van der Waals surface area contributed by atoms with Crippen molar-refractivity contribution in [3.63, 3.8) is 0 Å². The maximum Gasteiger partial charge on any atom is 0.259 e. The Balaban J connectivity index is 1.46. The summed E-state index contributed by atoms with van der Waals surface area (Å²) < 4.78 is 0. The summed E-state index contributed by atoms with van der Waals surface area (Å²) in [5.41, 5.74) is 4.49. The molecule has 30 heavy (non-hydrogen) atoms. The number of rotatable bonds is 5. The van der Waals surface area contributed by atoms with Crippen molar-refractivity contribution in [2.24, 2.45) is 0 Å². The Morgan fingerprint density at radius 2 is 1.93 bits per heavy atom. The third kappa shape index (κ3) is 4.40. The second-order valence-electron chi connectivity index (χ2n) is 7.71. The molecule has 1 unspecified atom stereocenters. The lowest BCUT2D eigenvalue weighted by Crippen LogP contribution is -2.35. The number of fused-ring (bicyclic) bond motifs is 1. The molecule has 0 fully saturated rings. The Hall–Kier alpha value is -3.47. The molecule has 4 rings (SSSR count). The van der Waals surface area contributed by atoms with Crippen LogP contribution < -0.4 is 10.2 Å². The van der Waals surface area contributed by atoms with E-state index in [2.05, 4.69) is 17.2 Å². The standard InChI is InChI=1S/C25H25N3O2/c1-18(19-7-3-2-4-8-19)15-24(29)27-22-11-12-23-20(16-22)10-6-14-28(23)25(30)21-9-5-13-26-17-21/h2-5,7-9,11-13,16-18H,6,10,14-15H2,1H3,(H,27,29). The van der Waals surface area contributed by atoms with Crippen LogP contribution in [0.1, 0.15) is 47.2 Å². The molecule has 1 N–H and O–H groups in total. The maximum absolute atomic E-state index is 12.9. The van der Waals surface area contributed by atoms with Crippen LogP contribution in [0.15, 0.2) is 73.1 Å². The van der Waals surface area contributed by atoms with Gasteiger partial charge in [-0.05, 0) is 60.2 Å². The van der Waals surface area contributed by atoms with Crippen molar-refractivity contribution in [2.45, 2.75) is 32.1 Å². The van der Waals surface area contributed by atoms with Crippen molar-refractivity contribution in [1.82, 2.24) is 4.98 Å².